The van der Waals surface area contributed by atoms with E-state index in [1.54, 1.807) is 0 Å². The zero-order chi connectivity index (χ0) is 7.49. The molecule has 0 aliphatic rings. The van der Waals surface area contributed by atoms with Crippen molar-refractivity contribution in [1.29, 1.82) is 0 Å². The van der Waals surface area contributed by atoms with Gasteiger partial charge in [-0.2, -0.15) is 8.78 Å². The van der Waals surface area contributed by atoms with E-state index in [4.69, 9.17) is 5.11 Å². The second kappa shape index (κ2) is 2.72. The second-order valence-electron chi connectivity index (χ2n) is 1.54. The molecule has 0 atom stereocenters. The minimum Gasteiger partial charge on any atom is -0.388 e. The fourth-order valence-corrected chi connectivity index (χ4v) is 0.297. The number of halogens is 2. The van der Waals surface area contributed by atoms with Crippen LogP contribution in [0.25, 0.3) is 0 Å². The minimum absolute atomic E-state index is 0.867. The maximum atomic E-state index is 11.8. The molecule has 1 amide bonds. The Kier molecular flexibility index (Phi) is 2.51. The number of amides is 1. The van der Waals surface area contributed by atoms with Crippen molar-refractivity contribution < 1.29 is 18.7 Å². The summed E-state index contributed by atoms with van der Waals surface area (Å²) in [4.78, 5) is 9.92. The number of hydrogen-bond donors (Lipinski definition) is 2. The van der Waals surface area contributed by atoms with Crippen LogP contribution < -0.4 is 5.32 Å². The summed E-state index contributed by atoms with van der Waals surface area (Å²) < 4.78 is 23.6. The molecule has 9 heavy (non-hydrogen) atoms. The quantitative estimate of drug-likeness (QED) is 0.516. The van der Waals surface area contributed by atoms with Crippen molar-refractivity contribution in [1.82, 2.24) is 5.32 Å². The van der Waals surface area contributed by atoms with Crippen LogP contribution in [0, 0.1) is 0 Å². The molecule has 0 bridgehead atoms. The monoisotopic (exact) mass is 139 g/mol. The number of aliphatic hydroxyl groups excluding tert-OH is 1. The topological polar surface area (TPSA) is 49.3 Å². The number of aliphatic hydroxyl groups is 1. The van der Waals surface area contributed by atoms with Crippen LogP contribution in [-0.4, -0.2) is 23.7 Å². The molecule has 0 fully saturated rings. The number of alkyl halides is 2. The fraction of sp³-hybridized carbons (Fsp3) is 0.750. The van der Waals surface area contributed by atoms with Gasteiger partial charge in [0.05, 0.1) is 0 Å². The minimum atomic E-state index is -3.48. The van der Waals surface area contributed by atoms with Crippen molar-refractivity contribution in [3.63, 3.8) is 0 Å². The molecule has 0 saturated heterocycles. The SMILES string of the molecule is CC(=O)NC(F)(F)CO. The lowest BCUT2D eigenvalue weighted by atomic mass is 10.5. The van der Waals surface area contributed by atoms with Gasteiger partial charge in [-0.3, -0.25) is 10.1 Å². The van der Waals surface area contributed by atoms with E-state index in [2.05, 4.69) is 0 Å². The molecule has 3 nitrogen and oxygen atoms in total. The van der Waals surface area contributed by atoms with E-state index in [0.717, 1.165) is 6.92 Å². The molecule has 0 spiro atoms. The molecule has 0 rings (SSSR count). The molecule has 0 heterocycles. The Morgan fingerprint density at radius 2 is 2.22 bits per heavy atom. The summed E-state index contributed by atoms with van der Waals surface area (Å²) in [5.74, 6) is -0.867. The highest BCUT2D eigenvalue weighted by molar-refractivity contribution is 5.73. The van der Waals surface area contributed by atoms with E-state index in [9.17, 15) is 13.6 Å². The van der Waals surface area contributed by atoms with Gasteiger partial charge in [0.25, 0.3) is 0 Å². The lowest BCUT2D eigenvalue weighted by molar-refractivity contribution is -0.135. The summed E-state index contributed by atoms with van der Waals surface area (Å²) >= 11 is 0. The van der Waals surface area contributed by atoms with Crippen LogP contribution in [0.3, 0.4) is 0 Å². The van der Waals surface area contributed by atoms with Crippen molar-refractivity contribution in [3.8, 4) is 0 Å². The summed E-state index contributed by atoms with van der Waals surface area (Å²) in [7, 11) is 0. The average Bonchev–Trinajstić information content (AvgIpc) is 1.63. The molecule has 0 saturated carbocycles. The van der Waals surface area contributed by atoms with Crippen LogP contribution in [0.15, 0.2) is 0 Å². The van der Waals surface area contributed by atoms with Gasteiger partial charge in [0.15, 0.2) is 0 Å². The van der Waals surface area contributed by atoms with Crippen molar-refractivity contribution >= 4 is 5.91 Å². The third kappa shape index (κ3) is 3.84. The van der Waals surface area contributed by atoms with E-state index >= 15 is 0 Å². The third-order valence-corrected chi connectivity index (χ3v) is 0.557. The Bertz CT molecular complexity index is 115. The molecule has 0 aromatic carbocycles. The summed E-state index contributed by atoms with van der Waals surface area (Å²) in [6.07, 6.45) is 0. The Balaban J connectivity index is 3.71. The molecule has 0 aliphatic heterocycles. The Labute approximate surface area is 50.7 Å². The summed E-state index contributed by atoms with van der Waals surface area (Å²) in [5, 5.41) is 9.12. The average molecular weight is 139 g/mol. The molecule has 54 valence electrons. The number of rotatable bonds is 2. The van der Waals surface area contributed by atoms with E-state index in [-0.39, 0.29) is 0 Å². The second-order valence-corrected chi connectivity index (χ2v) is 1.54. The van der Waals surface area contributed by atoms with E-state index < -0.39 is 18.6 Å². The fourth-order valence-electron chi connectivity index (χ4n) is 0.297. The highest BCUT2D eigenvalue weighted by Gasteiger charge is 2.27. The zero-order valence-corrected chi connectivity index (χ0v) is 4.82. The van der Waals surface area contributed by atoms with Gasteiger partial charge in [0.2, 0.25) is 5.91 Å². The zero-order valence-electron chi connectivity index (χ0n) is 4.82. The molecule has 0 aromatic rings. The van der Waals surface area contributed by atoms with Crippen LogP contribution in [0.4, 0.5) is 8.78 Å². The third-order valence-electron chi connectivity index (χ3n) is 0.557. The van der Waals surface area contributed by atoms with Gasteiger partial charge in [0.1, 0.15) is 6.61 Å². The van der Waals surface area contributed by atoms with Crippen LogP contribution in [0.5, 0.6) is 0 Å². The molecular formula is C4H7F2NO2. The van der Waals surface area contributed by atoms with E-state index in [1.807, 2.05) is 0 Å². The van der Waals surface area contributed by atoms with Gasteiger partial charge in [-0.1, -0.05) is 0 Å². The smallest absolute Gasteiger partial charge is 0.348 e. The first-order valence-corrected chi connectivity index (χ1v) is 2.25. The predicted molar refractivity (Wildman–Crippen MR) is 25.8 cm³/mol. The molecule has 0 radical (unpaired) electrons. The Morgan fingerprint density at radius 1 is 1.78 bits per heavy atom. The van der Waals surface area contributed by atoms with E-state index in [0.29, 0.717) is 0 Å². The number of hydrogen-bond acceptors (Lipinski definition) is 2. The normalized spacial score (nSPS) is 11.1. The van der Waals surface area contributed by atoms with E-state index in [1.165, 1.54) is 5.32 Å². The Hall–Kier alpha value is -0.710. The molecular weight excluding hydrogens is 132 g/mol. The first kappa shape index (κ1) is 8.29. The molecule has 0 aromatic heterocycles. The molecule has 0 aliphatic carbocycles. The van der Waals surface area contributed by atoms with Crippen molar-refractivity contribution in [3.05, 3.63) is 0 Å². The van der Waals surface area contributed by atoms with Crippen LogP contribution in [-0.2, 0) is 4.79 Å². The standard InChI is InChI=1S/C4H7F2NO2/c1-3(9)7-4(5,6)2-8/h8H,2H2,1H3,(H,7,9). The predicted octanol–water partition coefficient (Wildman–Crippen LogP) is -0.292. The first-order valence-electron chi connectivity index (χ1n) is 2.25. The number of carbonyl (C=O) groups excluding carboxylic acids is 1. The van der Waals surface area contributed by atoms with Gasteiger partial charge in [-0.25, -0.2) is 0 Å². The maximum Gasteiger partial charge on any atom is 0.348 e. The van der Waals surface area contributed by atoms with Crippen LogP contribution in [0.2, 0.25) is 0 Å². The highest BCUT2D eigenvalue weighted by Crippen LogP contribution is 2.05. The lowest BCUT2D eigenvalue weighted by Gasteiger charge is -2.12. The Morgan fingerprint density at radius 3 is 2.33 bits per heavy atom. The van der Waals surface area contributed by atoms with Crippen LogP contribution >= 0.6 is 0 Å². The summed E-state index contributed by atoms with van der Waals surface area (Å²) in [5.41, 5.74) is 0. The molecule has 2 N–H and O–H groups in total. The van der Waals surface area contributed by atoms with Crippen molar-refractivity contribution in [2.75, 3.05) is 6.61 Å². The molecule has 5 heteroatoms. The lowest BCUT2D eigenvalue weighted by Crippen LogP contribution is -2.42. The first-order chi connectivity index (χ1) is 3.98. The van der Waals surface area contributed by atoms with Gasteiger partial charge < -0.3 is 5.11 Å². The van der Waals surface area contributed by atoms with Gasteiger partial charge in [-0.05, 0) is 0 Å². The largest absolute Gasteiger partial charge is 0.388 e. The summed E-state index contributed by atoms with van der Waals surface area (Å²) in [6.45, 7) is -0.420. The van der Waals surface area contributed by atoms with Gasteiger partial charge >= 0.3 is 6.05 Å². The maximum absolute atomic E-state index is 11.8. The van der Waals surface area contributed by atoms with Crippen molar-refractivity contribution in [2.24, 2.45) is 0 Å². The molecule has 0 unspecified atom stereocenters. The number of nitrogens with one attached hydrogen (secondary N) is 1. The van der Waals surface area contributed by atoms with Gasteiger partial charge in [0, 0.05) is 6.92 Å². The number of carbonyl (C=O) groups is 1. The van der Waals surface area contributed by atoms with Crippen LogP contribution in [0.1, 0.15) is 6.92 Å². The summed E-state index contributed by atoms with van der Waals surface area (Å²) in [6, 6.07) is -3.48. The van der Waals surface area contributed by atoms with Crippen molar-refractivity contribution in [2.45, 2.75) is 13.0 Å². The highest BCUT2D eigenvalue weighted by atomic mass is 19.3. The van der Waals surface area contributed by atoms with Gasteiger partial charge in [-0.15, -0.1) is 0 Å².